The van der Waals surface area contributed by atoms with Crippen LogP contribution in [0, 0.1) is 30.9 Å². The first-order valence-electron chi connectivity index (χ1n) is 6.72. The molecule has 0 unspecified atom stereocenters. The van der Waals surface area contributed by atoms with E-state index in [9.17, 15) is 14.9 Å². The molecule has 2 rings (SSSR count). The van der Waals surface area contributed by atoms with Crippen LogP contribution in [0.25, 0.3) is 0 Å². The average Bonchev–Trinajstić information content (AvgIpc) is 2.44. The summed E-state index contributed by atoms with van der Waals surface area (Å²) >= 11 is 0. The molecule has 6 heteroatoms. The van der Waals surface area contributed by atoms with Crippen LogP contribution in [0.1, 0.15) is 27.0 Å². The third kappa shape index (κ3) is 3.06. The zero-order valence-corrected chi connectivity index (χ0v) is 12.6. The number of anilines is 2. The lowest BCUT2D eigenvalue weighted by Gasteiger charge is -2.12. The first kappa shape index (κ1) is 15.5. The minimum Gasteiger partial charge on any atom is -0.398 e. The highest BCUT2D eigenvalue weighted by molar-refractivity contribution is 6.08. The molecule has 0 aromatic heterocycles. The maximum atomic E-state index is 12.3. The molecule has 0 heterocycles. The second-order valence-corrected chi connectivity index (χ2v) is 5.23. The number of nitrogens with zero attached hydrogens (tertiary/aromatic N) is 1. The zero-order valence-electron chi connectivity index (χ0n) is 12.6. The number of rotatable bonds is 3. The van der Waals surface area contributed by atoms with Crippen LogP contribution in [0.2, 0.25) is 0 Å². The zero-order chi connectivity index (χ0) is 16.4. The number of carbonyl (C=O) groups is 1. The predicted molar refractivity (Wildman–Crippen MR) is 86.1 cm³/mol. The number of benzene rings is 2. The van der Waals surface area contributed by atoms with E-state index < -0.39 is 10.8 Å². The summed E-state index contributed by atoms with van der Waals surface area (Å²) in [5, 5.41) is 13.6. The molecule has 0 spiro atoms. The Balaban J connectivity index is 2.35. The number of nitro groups is 1. The summed E-state index contributed by atoms with van der Waals surface area (Å²) in [6.07, 6.45) is 0. The highest BCUT2D eigenvalue weighted by atomic mass is 16.6. The molecular formula is C16H17N3O3. The van der Waals surface area contributed by atoms with Crippen molar-refractivity contribution in [3.8, 4) is 0 Å². The van der Waals surface area contributed by atoms with Crippen molar-refractivity contribution in [1.82, 2.24) is 0 Å². The van der Waals surface area contributed by atoms with Crippen molar-refractivity contribution in [2.75, 3.05) is 11.1 Å². The number of nitrogen functional groups attached to an aromatic ring is 1. The van der Waals surface area contributed by atoms with Gasteiger partial charge < -0.3 is 11.1 Å². The first-order valence-corrected chi connectivity index (χ1v) is 6.72. The first-order chi connectivity index (χ1) is 10.3. The Hall–Kier alpha value is -2.89. The Morgan fingerprint density at radius 3 is 2.36 bits per heavy atom. The summed E-state index contributed by atoms with van der Waals surface area (Å²) in [7, 11) is 0. The molecule has 2 aromatic carbocycles. The van der Waals surface area contributed by atoms with E-state index in [1.54, 1.807) is 0 Å². The van der Waals surface area contributed by atoms with Crippen LogP contribution in [-0.2, 0) is 0 Å². The smallest absolute Gasteiger partial charge is 0.270 e. The molecule has 114 valence electrons. The van der Waals surface area contributed by atoms with Crippen LogP contribution in [0.15, 0.2) is 30.3 Å². The van der Waals surface area contributed by atoms with Gasteiger partial charge in [-0.05, 0) is 49.6 Å². The quantitative estimate of drug-likeness (QED) is 0.515. The SMILES string of the molecule is Cc1cc(C)c(NC(=O)c2cc([N+](=O)[O-])ccc2N)cc1C. The summed E-state index contributed by atoms with van der Waals surface area (Å²) in [5.41, 5.74) is 9.63. The summed E-state index contributed by atoms with van der Waals surface area (Å²) in [6, 6.07) is 7.66. The predicted octanol–water partition coefficient (Wildman–Crippen LogP) is 3.35. The fourth-order valence-electron chi connectivity index (χ4n) is 2.14. The minimum absolute atomic E-state index is 0.0897. The Morgan fingerprint density at radius 2 is 1.73 bits per heavy atom. The number of carbonyl (C=O) groups excluding carboxylic acids is 1. The third-order valence-corrected chi connectivity index (χ3v) is 3.58. The van der Waals surface area contributed by atoms with Crippen molar-refractivity contribution < 1.29 is 9.72 Å². The van der Waals surface area contributed by atoms with Crippen molar-refractivity contribution in [3.05, 3.63) is 62.7 Å². The van der Waals surface area contributed by atoms with Crippen molar-refractivity contribution >= 4 is 23.0 Å². The van der Waals surface area contributed by atoms with Gasteiger partial charge >= 0.3 is 0 Å². The van der Waals surface area contributed by atoms with Gasteiger partial charge in [0.1, 0.15) is 0 Å². The number of aryl methyl sites for hydroxylation is 3. The second-order valence-electron chi connectivity index (χ2n) is 5.23. The number of non-ortho nitro benzene ring substituents is 1. The van der Waals surface area contributed by atoms with Crippen molar-refractivity contribution in [2.45, 2.75) is 20.8 Å². The molecule has 2 aromatic rings. The van der Waals surface area contributed by atoms with Crippen LogP contribution in [0.4, 0.5) is 17.1 Å². The summed E-state index contributed by atoms with van der Waals surface area (Å²) in [4.78, 5) is 22.6. The van der Waals surface area contributed by atoms with Crippen LogP contribution in [0.3, 0.4) is 0 Å². The fourth-order valence-corrected chi connectivity index (χ4v) is 2.14. The van der Waals surface area contributed by atoms with E-state index in [2.05, 4.69) is 5.32 Å². The average molecular weight is 299 g/mol. The number of hydrogen-bond acceptors (Lipinski definition) is 4. The lowest BCUT2D eigenvalue weighted by Crippen LogP contribution is -2.15. The number of hydrogen-bond donors (Lipinski definition) is 2. The molecule has 22 heavy (non-hydrogen) atoms. The van der Waals surface area contributed by atoms with E-state index >= 15 is 0 Å². The Morgan fingerprint density at radius 1 is 1.09 bits per heavy atom. The number of nitrogens with one attached hydrogen (secondary N) is 1. The summed E-state index contributed by atoms with van der Waals surface area (Å²) in [6.45, 7) is 5.83. The molecule has 3 N–H and O–H groups in total. The summed E-state index contributed by atoms with van der Waals surface area (Å²) in [5.74, 6) is -0.465. The highest BCUT2D eigenvalue weighted by Gasteiger charge is 2.16. The molecule has 0 aliphatic carbocycles. The number of nitro benzene ring substituents is 1. The second kappa shape index (κ2) is 5.85. The van der Waals surface area contributed by atoms with Gasteiger partial charge in [0.2, 0.25) is 0 Å². The van der Waals surface area contributed by atoms with E-state index in [-0.39, 0.29) is 16.9 Å². The molecule has 0 atom stereocenters. The van der Waals surface area contributed by atoms with E-state index in [1.807, 2.05) is 32.9 Å². The van der Waals surface area contributed by atoms with Gasteiger partial charge in [0.05, 0.1) is 10.5 Å². The van der Waals surface area contributed by atoms with Gasteiger partial charge in [-0.2, -0.15) is 0 Å². The van der Waals surface area contributed by atoms with Gasteiger partial charge in [-0.1, -0.05) is 6.07 Å². The molecule has 0 radical (unpaired) electrons. The van der Waals surface area contributed by atoms with E-state index in [0.717, 1.165) is 16.7 Å². The third-order valence-electron chi connectivity index (χ3n) is 3.58. The van der Waals surface area contributed by atoms with Crippen LogP contribution >= 0.6 is 0 Å². The van der Waals surface area contributed by atoms with Gasteiger partial charge in [0.25, 0.3) is 11.6 Å². The van der Waals surface area contributed by atoms with Crippen LogP contribution in [0.5, 0.6) is 0 Å². The standard InChI is InChI=1S/C16H17N3O3/c1-9-6-11(3)15(7-10(9)2)18-16(20)13-8-12(19(21)22)4-5-14(13)17/h4-8H,17H2,1-3H3,(H,18,20). The Labute approximate surface area is 128 Å². The molecular weight excluding hydrogens is 282 g/mol. The number of nitrogens with two attached hydrogens (primary N) is 1. The van der Waals surface area contributed by atoms with E-state index in [1.165, 1.54) is 18.2 Å². The Bertz CT molecular complexity index is 769. The topological polar surface area (TPSA) is 98.3 Å². The minimum atomic E-state index is -0.558. The largest absolute Gasteiger partial charge is 0.398 e. The van der Waals surface area contributed by atoms with Crippen LogP contribution in [-0.4, -0.2) is 10.8 Å². The van der Waals surface area contributed by atoms with Crippen molar-refractivity contribution in [2.24, 2.45) is 0 Å². The molecule has 0 aliphatic rings. The molecule has 0 fully saturated rings. The maximum Gasteiger partial charge on any atom is 0.270 e. The van der Waals surface area contributed by atoms with Gasteiger partial charge in [-0.3, -0.25) is 14.9 Å². The van der Waals surface area contributed by atoms with Gasteiger partial charge in [0, 0.05) is 23.5 Å². The number of amides is 1. The molecule has 0 aliphatic heterocycles. The fraction of sp³-hybridized carbons (Fsp3) is 0.188. The monoisotopic (exact) mass is 299 g/mol. The van der Waals surface area contributed by atoms with Gasteiger partial charge in [0.15, 0.2) is 0 Å². The molecule has 0 bridgehead atoms. The normalized spacial score (nSPS) is 10.3. The maximum absolute atomic E-state index is 12.3. The lowest BCUT2D eigenvalue weighted by molar-refractivity contribution is -0.384. The van der Waals surface area contributed by atoms with Gasteiger partial charge in [-0.15, -0.1) is 0 Å². The van der Waals surface area contributed by atoms with E-state index in [4.69, 9.17) is 5.73 Å². The van der Waals surface area contributed by atoms with Crippen molar-refractivity contribution in [1.29, 1.82) is 0 Å². The summed E-state index contributed by atoms with van der Waals surface area (Å²) < 4.78 is 0. The molecule has 6 nitrogen and oxygen atoms in total. The highest BCUT2D eigenvalue weighted by Crippen LogP contribution is 2.24. The molecule has 1 amide bonds. The molecule has 0 saturated carbocycles. The van der Waals surface area contributed by atoms with Gasteiger partial charge in [-0.25, -0.2) is 0 Å². The molecule has 0 saturated heterocycles. The van der Waals surface area contributed by atoms with Crippen molar-refractivity contribution in [3.63, 3.8) is 0 Å². The van der Waals surface area contributed by atoms with Crippen LogP contribution < -0.4 is 11.1 Å². The Kier molecular flexibility index (Phi) is 4.12. The lowest BCUT2D eigenvalue weighted by atomic mass is 10.0. The van der Waals surface area contributed by atoms with E-state index in [0.29, 0.717) is 5.69 Å².